The highest BCUT2D eigenvalue weighted by atomic mass is 17.0. The van der Waals surface area contributed by atoms with Gasteiger partial charge < -0.3 is 9.94 Å². The van der Waals surface area contributed by atoms with Crippen LogP contribution in [0.4, 0.5) is 0 Å². The predicted molar refractivity (Wildman–Crippen MR) is 94.7 cm³/mol. The van der Waals surface area contributed by atoms with Crippen LogP contribution in [-0.4, -0.2) is 22.3 Å². The van der Waals surface area contributed by atoms with Gasteiger partial charge in [-0.05, 0) is 80.0 Å². The fraction of sp³-hybridized carbons (Fsp3) is 0.850. The summed E-state index contributed by atoms with van der Waals surface area (Å²) in [6.45, 7) is 4.55. The number of carbonyl (C=O) groups is 1. The maximum absolute atomic E-state index is 11.8. The van der Waals surface area contributed by atoms with Crippen molar-refractivity contribution >= 4 is 5.97 Å². The minimum Gasteiger partial charge on any atom is -0.481 e. The Labute approximate surface area is 154 Å². The molecule has 0 bridgehead atoms. The third kappa shape index (κ3) is 2.48. The van der Waals surface area contributed by atoms with Crippen molar-refractivity contribution in [1.82, 2.24) is 0 Å². The zero-order valence-electron chi connectivity index (χ0n) is 15.6. The minimum absolute atomic E-state index is 0.0688. The van der Waals surface area contributed by atoms with Crippen molar-refractivity contribution < 1.29 is 19.8 Å². The highest BCUT2D eigenvalue weighted by molar-refractivity contribution is 5.71. The molecule has 0 aliphatic heterocycles. The Bertz CT molecular complexity index is 661. The van der Waals surface area contributed by atoms with E-state index in [0.717, 1.165) is 44.9 Å². The standard InChI is InChI=1S/C20H29NO5/c1-19-9-7-13(26-21(24)25)11-12(19)3-4-14-15-5-6-17(18(22)23)20(15,2)10-8-16(14)19/h3,13-17H,4-11H2,1-2H3,(H,22,23)/t13-,14-,15-,16-,17+,19-,20-/m0/s1. The first-order valence-corrected chi connectivity index (χ1v) is 9.99. The number of fused-ring (bicyclic) bond motifs is 5. The van der Waals surface area contributed by atoms with Crippen molar-refractivity contribution in [3.63, 3.8) is 0 Å². The van der Waals surface area contributed by atoms with E-state index in [4.69, 9.17) is 4.84 Å². The highest BCUT2D eigenvalue weighted by Gasteiger charge is 2.60. The van der Waals surface area contributed by atoms with E-state index >= 15 is 0 Å². The lowest BCUT2D eigenvalue weighted by Crippen LogP contribution is -2.51. The third-order valence-electron chi connectivity index (χ3n) is 8.59. The molecule has 3 fully saturated rings. The maximum Gasteiger partial charge on any atom is 0.307 e. The highest BCUT2D eigenvalue weighted by Crippen LogP contribution is 2.66. The van der Waals surface area contributed by atoms with Gasteiger partial charge in [0.05, 0.1) is 5.92 Å². The summed E-state index contributed by atoms with van der Waals surface area (Å²) >= 11 is 0. The van der Waals surface area contributed by atoms with Gasteiger partial charge in [0.1, 0.15) is 6.10 Å². The van der Waals surface area contributed by atoms with Gasteiger partial charge in [0.15, 0.2) is 0 Å². The Morgan fingerprint density at radius 3 is 2.69 bits per heavy atom. The Morgan fingerprint density at radius 2 is 2.00 bits per heavy atom. The first-order chi connectivity index (χ1) is 12.3. The van der Waals surface area contributed by atoms with Crippen LogP contribution in [0.15, 0.2) is 11.6 Å². The van der Waals surface area contributed by atoms with Crippen molar-refractivity contribution in [3.8, 4) is 0 Å². The van der Waals surface area contributed by atoms with Crippen LogP contribution in [-0.2, 0) is 9.63 Å². The van der Waals surface area contributed by atoms with E-state index in [1.165, 1.54) is 5.57 Å². The number of aliphatic carboxylic acids is 1. The average Bonchev–Trinajstić information content (AvgIpc) is 2.92. The molecule has 0 aromatic rings. The zero-order valence-corrected chi connectivity index (χ0v) is 15.6. The largest absolute Gasteiger partial charge is 0.481 e. The molecule has 1 N–H and O–H groups in total. The second kappa shape index (κ2) is 5.96. The first-order valence-electron chi connectivity index (χ1n) is 9.99. The number of rotatable bonds is 3. The quantitative estimate of drug-likeness (QED) is 0.460. The lowest BCUT2D eigenvalue weighted by atomic mass is 9.47. The second-order valence-corrected chi connectivity index (χ2v) is 9.47. The van der Waals surface area contributed by atoms with Gasteiger partial charge in [0, 0.05) is 0 Å². The summed E-state index contributed by atoms with van der Waals surface area (Å²) in [5.74, 6) is 0.800. The number of hydrogen-bond donors (Lipinski definition) is 1. The number of hydrogen-bond acceptors (Lipinski definition) is 4. The van der Waals surface area contributed by atoms with E-state index in [1.54, 1.807) is 0 Å². The molecule has 0 aromatic carbocycles. The molecule has 7 atom stereocenters. The molecule has 0 spiro atoms. The van der Waals surface area contributed by atoms with Crippen molar-refractivity contribution in [2.24, 2.45) is 34.5 Å². The third-order valence-corrected chi connectivity index (χ3v) is 8.59. The van der Waals surface area contributed by atoms with Crippen LogP contribution in [0.25, 0.3) is 0 Å². The van der Waals surface area contributed by atoms with Gasteiger partial charge in [-0.2, -0.15) is 0 Å². The van der Waals surface area contributed by atoms with Gasteiger partial charge >= 0.3 is 5.97 Å². The average molecular weight is 363 g/mol. The monoisotopic (exact) mass is 363 g/mol. The van der Waals surface area contributed by atoms with Crippen molar-refractivity contribution in [1.29, 1.82) is 0 Å². The molecule has 6 nitrogen and oxygen atoms in total. The van der Waals surface area contributed by atoms with Crippen molar-refractivity contribution in [2.75, 3.05) is 0 Å². The zero-order chi connectivity index (χ0) is 18.7. The fourth-order valence-corrected chi connectivity index (χ4v) is 7.24. The van der Waals surface area contributed by atoms with Gasteiger partial charge in [-0.15, -0.1) is 10.1 Å². The molecule has 0 amide bonds. The van der Waals surface area contributed by atoms with Gasteiger partial charge in [0.2, 0.25) is 0 Å². The number of allylic oxidation sites excluding steroid dienone is 1. The van der Waals surface area contributed by atoms with E-state index in [9.17, 15) is 20.0 Å². The summed E-state index contributed by atoms with van der Waals surface area (Å²) in [7, 11) is 0. The van der Waals surface area contributed by atoms with E-state index in [-0.39, 0.29) is 22.9 Å². The summed E-state index contributed by atoms with van der Waals surface area (Å²) in [4.78, 5) is 27.3. The second-order valence-electron chi connectivity index (χ2n) is 9.47. The Morgan fingerprint density at radius 1 is 1.23 bits per heavy atom. The molecule has 0 radical (unpaired) electrons. The van der Waals surface area contributed by atoms with Crippen LogP contribution in [0.1, 0.15) is 65.2 Å². The van der Waals surface area contributed by atoms with Gasteiger partial charge in [-0.3, -0.25) is 4.79 Å². The fourth-order valence-electron chi connectivity index (χ4n) is 7.24. The predicted octanol–water partition coefficient (Wildman–Crippen LogP) is 4.23. The SMILES string of the molecule is C[C@]12CC[C@H]3[C@@H](CC=C4C[C@@H](O[N+](=O)[O-])CC[C@@]43C)[C@@H]1CC[C@@H]2C(=O)O. The van der Waals surface area contributed by atoms with Crippen LogP contribution < -0.4 is 0 Å². The van der Waals surface area contributed by atoms with Gasteiger partial charge in [-0.25, -0.2) is 0 Å². The van der Waals surface area contributed by atoms with Crippen molar-refractivity contribution in [2.45, 2.75) is 71.3 Å². The van der Waals surface area contributed by atoms with Crippen LogP contribution in [0.3, 0.4) is 0 Å². The molecule has 0 heterocycles. The molecular weight excluding hydrogens is 334 g/mol. The van der Waals surface area contributed by atoms with Crippen molar-refractivity contribution in [3.05, 3.63) is 21.8 Å². The normalized spacial score (nSPS) is 47.2. The lowest BCUT2D eigenvalue weighted by Gasteiger charge is -2.57. The molecule has 0 unspecified atom stereocenters. The number of nitrogens with zero attached hydrogens (tertiary/aromatic N) is 1. The maximum atomic E-state index is 11.8. The Balaban J connectivity index is 1.59. The number of carboxylic acid groups (broad SMARTS) is 1. The molecular formula is C20H29NO5. The van der Waals surface area contributed by atoms with E-state index in [1.807, 2.05) is 0 Å². The summed E-state index contributed by atoms with van der Waals surface area (Å²) in [5.41, 5.74) is 1.37. The molecule has 4 rings (SSSR count). The number of carboxylic acids is 1. The van der Waals surface area contributed by atoms with Crippen LogP contribution in [0, 0.1) is 44.6 Å². The van der Waals surface area contributed by atoms with Crippen LogP contribution in [0.2, 0.25) is 0 Å². The van der Waals surface area contributed by atoms with E-state index < -0.39 is 11.1 Å². The van der Waals surface area contributed by atoms with Gasteiger partial charge in [-0.1, -0.05) is 25.5 Å². The Kier molecular flexibility index (Phi) is 4.08. The first kappa shape index (κ1) is 17.8. The Hall–Kier alpha value is -1.59. The molecule has 3 saturated carbocycles. The van der Waals surface area contributed by atoms with Crippen LogP contribution in [0.5, 0.6) is 0 Å². The van der Waals surface area contributed by atoms with E-state index in [2.05, 4.69) is 19.9 Å². The molecule has 144 valence electrons. The topological polar surface area (TPSA) is 89.7 Å². The molecule has 26 heavy (non-hydrogen) atoms. The van der Waals surface area contributed by atoms with Crippen LogP contribution >= 0.6 is 0 Å². The summed E-state index contributed by atoms with van der Waals surface area (Å²) in [6, 6.07) is 0. The smallest absolute Gasteiger partial charge is 0.307 e. The summed E-state index contributed by atoms with van der Waals surface area (Å²) in [5, 5.41) is 19.7. The van der Waals surface area contributed by atoms with Gasteiger partial charge in [0.25, 0.3) is 5.09 Å². The molecule has 4 aliphatic rings. The summed E-state index contributed by atoms with van der Waals surface area (Å²) in [6.07, 6.45) is 9.25. The molecule has 6 heteroatoms. The molecule has 4 aliphatic carbocycles. The molecule has 0 saturated heterocycles. The summed E-state index contributed by atoms with van der Waals surface area (Å²) < 4.78 is 0. The van der Waals surface area contributed by atoms with E-state index in [0.29, 0.717) is 24.2 Å². The lowest BCUT2D eigenvalue weighted by molar-refractivity contribution is -0.769. The molecule has 0 aromatic heterocycles. The minimum atomic E-state index is -0.657.